The lowest BCUT2D eigenvalue weighted by molar-refractivity contribution is -0.384. The summed E-state index contributed by atoms with van der Waals surface area (Å²) < 4.78 is 42.2. The van der Waals surface area contributed by atoms with Gasteiger partial charge < -0.3 is 14.7 Å². The molecule has 10 nitrogen and oxygen atoms in total. The van der Waals surface area contributed by atoms with Gasteiger partial charge in [-0.25, -0.2) is 12.8 Å². The number of sulfone groups is 1. The third kappa shape index (κ3) is 5.10. The molecule has 0 aliphatic carbocycles. The van der Waals surface area contributed by atoms with Crippen molar-refractivity contribution >= 4 is 38.7 Å². The van der Waals surface area contributed by atoms with Crippen LogP contribution in [-0.4, -0.2) is 56.2 Å². The summed E-state index contributed by atoms with van der Waals surface area (Å²) in [7, 11) is -4.15. The number of rotatable bonds is 5. The van der Waals surface area contributed by atoms with E-state index in [1.165, 1.54) is 71.6 Å². The Morgan fingerprint density at radius 1 is 0.860 bits per heavy atom. The molecule has 0 saturated carbocycles. The molecular weight excluding hydrogens is 575 g/mol. The Labute approximate surface area is 246 Å². The lowest BCUT2D eigenvalue weighted by Gasteiger charge is -2.36. The van der Waals surface area contributed by atoms with Crippen LogP contribution in [0.1, 0.15) is 26.3 Å². The number of nitro benzene ring substituents is 1. The minimum atomic E-state index is -4.15. The molecule has 43 heavy (non-hydrogen) atoms. The minimum Gasteiger partial charge on any atom is -0.368 e. The highest BCUT2D eigenvalue weighted by molar-refractivity contribution is 7.91. The molecule has 2 aliphatic heterocycles. The van der Waals surface area contributed by atoms with Gasteiger partial charge in [0.25, 0.3) is 17.5 Å². The highest BCUT2D eigenvalue weighted by atomic mass is 32.2. The predicted octanol–water partition coefficient (Wildman–Crippen LogP) is 4.69. The summed E-state index contributed by atoms with van der Waals surface area (Å²) in [5.74, 6) is -1.51. The van der Waals surface area contributed by atoms with Crippen LogP contribution >= 0.6 is 0 Å². The molecular formula is C31H25FN4O6S. The summed E-state index contributed by atoms with van der Waals surface area (Å²) in [6.45, 7) is 1.43. The molecule has 0 N–H and O–H groups in total. The van der Waals surface area contributed by atoms with Gasteiger partial charge in [-0.3, -0.25) is 19.7 Å². The third-order valence-corrected chi connectivity index (χ3v) is 9.58. The molecule has 4 aromatic rings. The topological polar surface area (TPSA) is 121 Å². The average molecular weight is 601 g/mol. The second-order valence-corrected chi connectivity index (χ2v) is 12.1. The summed E-state index contributed by atoms with van der Waals surface area (Å²) >= 11 is 0. The zero-order chi connectivity index (χ0) is 30.3. The van der Waals surface area contributed by atoms with Gasteiger partial charge in [-0.2, -0.15) is 0 Å². The Morgan fingerprint density at radius 3 is 2.23 bits per heavy atom. The van der Waals surface area contributed by atoms with Crippen LogP contribution in [0.4, 0.5) is 21.5 Å². The number of anilines is 2. The molecule has 218 valence electrons. The highest BCUT2D eigenvalue weighted by Gasteiger charge is 2.37. The number of piperazine rings is 1. The van der Waals surface area contributed by atoms with Gasteiger partial charge in [0.05, 0.1) is 32.5 Å². The molecule has 12 heteroatoms. The van der Waals surface area contributed by atoms with Gasteiger partial charge in [0.1, 0.15) is 5.82 Å². The summed E-state index contributed by atoms with van der Waals surface area (Å²) in [5, 5.41) is 11.0. The first-order valence-corrected chi connectivity index (χ1v) is 15.0. The maximum absolute atomic E-state index is 14.7. The molecule has 0 unspecified atom stereocenters. The first kappa shape index (κ1) is 28.0. The Bertz CT molecular complexity index is 1870. The van der Waals surface area contributed by atoms with Gasteiger partial charge in [0.2, 0.25) is 9.84 Å². The van der Waals surface area contributed by atoms with Gasteiger partial charge in [0, 0.05) is 55.1 Å². The van der Waals surface area contributed by atoms with Crippen LogP contribution < -0.4 is 9.80 Å². The minimum absolute atomic E-state index is 0.000168. The van der Waals surface area contributed by atoms with Crippen molar-refractivity contribution in [3.05, 3.63) is 124 Å². The van der Waals surface area contributed by atoms with Crippen LogP contribution in [0, 0.1) is 15.9 Å². The number of nitro groups is 1. The molecule has 0 atom stereocenters. The number of carbonyl (C=O) groups excluding carboxylic acids is 2. The van der Waals surface area contributed by atoms with Gasteiger partial charge in [-0.05, 0) is 48.5 Å². The molecule has 2 heterocycles. The Kier molecular flexibility index (Phi) is 7.14. The molecule has 2 amide bonds. The van der Waals surface area contributed by atoms with E-state index in [-0.39, 0.29) is 50.3 Å². The lowest BCUT2D eigenvalue weighted by atomic mass is 10.1. The summed E-state index contributed by atoms with van der Waals surface area (Å²) in [6, 6.07) is 22.2. The van der Waals surface area contributed by atoms with Crippen LogP contribution in [0.5, 0.6) is 0 Å². The number of hydrogen-bond acceptors (Lipinski definition) is 7. The Morgan fingerprint density at radius 2 is 1.53 bits per heavy atom. The molecule has 2 aliphatic rings. The van der Waals surface area contributed by atoms with E-state index >= 15 is 0 Å². The van der Waals surface area contributed by atoms with E-state index < -0.39 is 26.5 Å². The molecule has 0 bridgehead atoms. The van der Waals surface area contributed by atoms with Crippen molar-refractivity contribution in [1.29, 1.82) is 0 Å². The third-order valence-electron chi connectivity index (χ3n) is 7.72. The molecule has 0 radical (unpaired) electrons. The van der Waals surface area contributed by atoms with Crippen LogP contribution in [0.3, 0.4) is 0 Å². The van der Waals surface area contributed by atoms with Crippen LogP contribution in [0.2, 0.25) is 0 Å². The van der Waals surface area contributed by atoms with Gasteiger partial charge in [-0.15, -0.1) is 0 Å². The van der Waals surface area contributed by atoms with Crippen molar-refractivity contribution in [3.63, 3.8) is 0 Å². The SMILES string of the molecule is O=C(c1ccc2c(c1)N(Cc1ccccc1F)C(=O)c1ccccc1S2(=O)=O)N1CCN(c2ccc([N+](=O)[O-])cc2)CC1. The monoisotopic (exact) mass is 600 g/mol. The number of nitrogens with zero attached hydrogens (tertiary/aromatic N) is 4. The first-order valence-electron chi connectivity index (χ1n) is 13.5. The van der Waals surface area contributed by atoms with Crippen molar-refractivity contribution in [2.45, 2.75) is 16.3 Å². The lowest BCUT2D eigenvalue weighted by Crippen LogP contribution is -2.48. The second-order valence-electron chi connectivity index (χ2n) is 10.2. The number of amides is 2. The quantitative estimate of drug-likeness (QED) is 0.241. The zero-order valence-electron chi connectivity index (χ0n) is 22.7. The predicted molar refractivity (Wildman–Crippen MR) is 156 cm³/mol. The Hall–Kier alpha value is -5.10. The number of non-ortho nitro benzene ring substituents is 1. The summed E-state index contributed by atoms with van der Waals surface area (Å²) in [6.07, 6.45) is 0. The fourth-order valence-electron chi connectivity index (χ4n) is 5.43. The molecule has 1 fully saturated rings. The Balaban J connectivity index is 1.32. The van der Waals surface area contributed by atoms with E-state index in [4.69, 9.17) is 0 Å². The molecule has 1 saturated heterocycles. The van der Waals surface area contributed by atoms with E-state index in [1.807, 2.05) is 4.90 Å². The van der Waals surface area contributed by atoms with Crippen molar-refractivity contribution in [2.24, 2.45) is 0 Å². The molecule has 0 spiro atoms. The smallest absolute Gasteiger partial charge is 0.269 e. The number of hydrogen-bond donors (Lipinski definition) is 0. The summed E-state index contributed by atoms with van der Waals surface area (Å²) in [4.78, 5) is 42.5. The van der Waals surface area contributed by atoms with Crippen LogP contribution in [0.15, 0.2) is 101 Å². The zero-order valence-corrected chi connectivity index (χ0v) is 23.5. The second kappa shape index (κ2) is 11.0. The number of benzene rings is 4. The number of carbonyl (C=O) groups is 2. The maximum Gasteiger partial charge on any atom is 0.269 e. The maximum atomic E-state index is 14.7. The fraction of sp³-hybridized carbons (Fsp3) is 0.161. The largest absolute Gasteiger partial charge is 0.368 e. The van der Waals surface area contributed by atoms with E-state index in [0.717, 1.165) is 5.69 Å². The normalized spacial score (nSPS) is 15.8. The molecule has 4 aromatic carbocycles. The first-order chi connectivity index (χ1) is 20.6. The van der Waals surface area contributed by atoms with Gasteiger partial charge in [-0.1, -0.05) is 30.3 Å². The standard InChI is InChI=1S/C31H25FN4O6S/c32-26-7-3-1-5-22(26)20-35-27-19-21(9-14-29(27)43(41,42)28-8-4-2-6-25(28)31(35)38)30(37)34-17-15-33(16-18-34)23-10-12-24(13-11-23)36(39)40/h1-14,19H,15-18,20H2. The number of halogens is 1. The van der Waals surface area contributed by atoms with E-state index in [1.54, 1.807) is 29.2 Å². The van der Waals surface area contributed by atoms with Crippen molar-refractivity contribution in [3.8, 4) is 0 Å². The van der Waals surface area contributed by atoms with Crippen molar-refractivity contribution in [1.82, 2.24) is 4.90 Å². The summed E-state index contributed by atoms with van der Waals surface area (Å²) in [5.41, 5.74) is 1.14. The van der Waals surface area contributed by atoms with Crippen molar-refractivity contribution < 1.29 is 27.3 Å². The average Bonchev–Trinajstić information content (AvgIpc) is 3.09. The van der Waals surface area contributed by atoms with Crippen LogP contribution in [-0.2, 0) is 16.4 Å². The van der Waals surface area contributed by atoms with Gasteiger partial charge in [0.15, 0.2) is 0 Å². The van der Waals surface area contributed by atoms with Crippen LogP contribution in [0.25, 0.3) is 0 Å². The van der Waals surface area contributed by atoms with E-state index in [2.05, 4.69) is 0 Å². The van der Waals surface area contributed by atoms with Gasteiger partial charge >= 0.3 is 0 Å². The van der Waals surface area contributed by atoms with Crippen molar-refractivity contribution in [2.75, 3.05) is 36.0 Å². The number of fused-ring (bicyclic) bond motifs is 2. The molecule has 0 aromatic heterocycles. The fourth-order valence-corrected chi connectivity index (χ4v) is 7.06. The molecule has 6 rings (SSSR count). The van der Waals surface area contributed by atoms with E-state index in [0.29, 0.717) is 26.2 Å². The highest BCUT2D eigenvalue weighted by Crippen LogP contribution is 2.38. The van der Waals surface area contributed by atoms with E-state index in [9.17, 15) is 32.5 Å².